The number of hydrogen-bond donors (Lipinski definition) is 2. The fourth-order valence-electron chi connectivity index (χ4n) is 5.41. The zero-order valence-electron chi connectivity index (χ0n) is 20.8. The maximum atomic E-state index is 14.4. The largest absolute Gasteiger partial charge is 0.353 e. The van der Waals surface area contributed by atoms with Gasteiger partial charge in [0.05, 0.1) is 24.6 Å². The quantitative estimate of drug-likeness (QED) is 0.472. The first-order valence-electron chi connectivity index (χ1n) is 12.8. The summed E-state index contributed by atoms with van der Waals surface area (Å²) in [4.78, 5) is 48.1. The van der Waals surface area contributed by atoms with Crippen molar-refractivity contribution in [1.29, 1.82) is 0 Å². The van der Waals surface area contributed by atoms with E-state index in [0.29, 0.717) is 22.2 Å². The molecule has 2 fully saturated rings. The van der Waals surface area contributed by atoms with Crippen LogP contribution < -0.4 is 10.6 Å². The number of nitrogens with zero attached hydrogens (tertiary/aromatic N) is 4. The van der Waals surface area contributed by atoms with Gasteiger partial charge >= 0.3 is 0 Å². The topological polar surface area (TPSA) is 109 Å². The summed E-state index contributed by atoms with van der Waals surface area (Å²) in [6, 6.07) is 4.79. The van der Waals surface area contributed by atoms with Crippen molar-refractivity contribution in [3.8, 4) is 0 Å². The van der Waals surface area contributed by atoms with Crippen LogP contribution in [-0.2, 0) is 16.1 Å². The minimum absolute atomic E-state index is 0.00758. The molecule has 3 heterocycles. The lowest BCUT2D eigenvalue weighted by atomic mass is 9.95. The Balaban J connectivity index is 1.35. The SMILES string of the molecule is CC(=O)c1cn(CC(=O)N2C[C@H](F)CC2C(=O)NC2CCCCC2)c2ccc(Nc3cncnc3)cc12. The van der Waals surface area contributed by atoms with E-state index in [1.807, 2.05) is 18.2 Å². The van der Waals surface area contributed by atoms with Gasteiger partial charge in [-0.05, 0) is 38.0 Å². The smallest absolute Gasteiger partial charge is 0.243 e. The van der Waals surface area contributed by atoms with Gasteiger partial charge in [-0.25, -0.2) is 14.4 Å². The summed E-state index contributed by atoms with van der Waals surface area (Å²) in [6.07, 6.45) is 10.3. The van der Waals surface area contributed by atoms with Gasteiger partial charge in [0.15, 0.2) is 5.78 Å². The van der Waals surface area contributed by atoms with Crippen LogP contribution in [0.25, 0.3) is 10.9 Å². The number of Topliss-reactive ketones (excluding diaryl/α,β-unsaturated/α-hetero) is 1. The van der Waals surface area contributed by atoms with E-state index in [-0.39, 0.29) is 43.1 Å². The first kappa shape index (κ1) is 24.9. The fourth-order valence-corrected chi connectivity index (χ4v) is 5.41. The number of alkyl halides is 1. The molecule has 2 aliphatic rings. The number of aromatic nitrogens is 3. The Kier molecular flexibility index (Phi) is 7.16. The van der Waals surface area contributed by atoms with Crippen LogP contribution >= 0.6 is 0 Å². The molecule has 194 valence electrons. The lowest BCUT2D eigenvalue weighted by Gasteiger charge is -2.28. The van der Waals surface area contributed by atoms with Gasteiger partial charge in [-0.1, -0.05) is 19.3 Å². The average Bonchev–Trinajstić information content (AvgIpc) is 3.46. The number of amides is 2. The molecule has 1 unspecified atom stereocenters. The number of hydrogen-bond acceptors (Lipinski definition) is 6. The molecule has 2 amide bonds. The van der Waals surface area contributed by atoms with E-state index in [9.17, 15) is 18.8 Å². The summed E-state index contributed by atoms with van der Waals surface area (Å²) in [5.74, 6) is -0.756. The van der Waals surface area contributed by atoms with Crippen LogP contribution in [0.3, 0.4) is 0 Å². The zero-order chi connectivity index (χ0) is 25.9. The molecule has 1 saturated heterocycles. The van der Waals surface area contributed by atoms with Crippen molar-refractivity contribution in [2.75, 3.05) is 11.9 Å². The van der Waals surface area contributed by atoms with Gasteiger partial charge in [0.2, 0.25) is 11.8 Å². The van der Waals surface area contributed by atoms with E-state index in [1.165, 1.54) is 18.2 Å². The van der Waals surface area contributed by atoms with Gasteiger partial charge in [-0.3, -0.25) is 14.4 Å². The molecule has 0 radical (unpaired) electrons. The molecule has 9 nitrogen and oxygen atoms in total. The van der Waals surface area contributed by atoms with Crippen LogP contribution in [0.15, 0.2) is 43.1 Å². The van der Waals surface area contributed by atoms with Crippen molar-refractivity contribution in [2.45, 2.75) is 70.2 Å². The standard InChI is InChI=1S/C27H31FN6O3/c1-17(35)23-14-33(24-8-7-20(10-22(23)24)31-21-11-29-16-30-12-21)15-26(36)34-13-18(28)9-25(34)27(37)32-19-5-3-2-4-6-19/h7-8,10-12,14,16,18-19,25,31H,2-6,9,13,15H2,1H3,(H,32,37)/t18-,25?/m1/s1. The Hall–Kier alpha value is -3.82. The van der Waals surface area contributed by atoms with Gasteiger partial charge in [-0.15, -0.1) is 0 Å². The number of carbonyl (C=O) groups excluding carboxylic acids is 3. The first-order chi connectivity index (χ1) is 17.9. The molecular formula is C27H31FN6O3. The van der Waals surface area contributed by atoms with E-state index >= 15 is 0 Å². The third-order valence-electron chi connectivity index (χ3n) is 7.24. The summed E-state index contributed by atoms with van der Waals surface area (Å²) < 4.78 is 16.1. The molecule has 10 heteroatoms. The van der Waals surface area contributed by atoms with E-state index in [0.717, 1.165) is 37.8 Å². The number of anilines is 2. The molecule has 5 rings (SSSR count). The minimum atomic E-state index is -1.24. The van der Waals surface area contributed by atoms with Crippen LogP contribution in [0.5, 0.6) is 0 Å². The number of ketones is 1. The Morgan fingerprint density at radius 3 is 2.57 bits per heavy atom. The van der Waals surface area contributed by atoms with E-state index < -0.39 is 12.2 Å². The summed E-state index contributed by atoms with van der Waals surface area (Å²) >= 11 is 0. The number of halogens is 1. The molecule has 1 saturated carbocycles. The monoisotopic (exact) mass is 506 g/mol. The maximum absolute atomic E-state index is 14.4. The predicted molar refractivity (Wildman–Crippen MR) is 137 cm³/mol. The second-order valence-electron chi connectivity index (χ2n) is 9.95. The second kappa shape index (κ2) is 10.7. The second-order valence-corrected chi connectivity index (χ2v) is 9.95. The number of nitrogens with one attached hydrogen (secondary N) is 2. The Labute approximate surface area is 214 Å². The van der Waals surface area contributed by atoms with Crippen molar-refractivity contribution < 1.29 is 18.8 Å². The maximum Gasteiger partial charge on any atom is 0.243 e. The van der Waals surface area contributed by atoms with Gasteiger partial charge in [0.25, 0.3) is 0 Å². The Morgan fingerprint density at radius 2 is 1.84 bits per heavy atom. The highest BCUT2D eigenvalue weighted by Crippen LogP contribution is 2.28. The zero-order valence-corrected chi connectivity index (χ0v) is 20.8. The normalized spacial score (nSPS) is 20.2. The van der Waals surface area contributed by atoms with Crippen LogP contribution in [0.4, 0.5) is 15.8 Å². The van der Waals surface area contributed by atoms with Crippen LogP contribution in [0.1, 0.15) is 55.8 Å². The highest BCUT2D eigenvalue weighted by atomic mass is 19.1. The molecule has 37 heavy (non-hydrogen) atoms. The molecule has 2 N–H and O–H groups in total. The van der Waals surface area contributed by atoms with Crippen molar-refractivity contribution >= 4 is 39.9 Å². The van der Waals surface area contributed by atoms with E-state index in [2.05, 4.69) is 20.6 Å². The predicted octanol–water partition coefficient (Wildman–Crippen LogP) is 3.77. The highest BCUT2D eigenvalue weighted by molar-refractivity contribution is 6.08. The number of fused-ring (bicyclic) bond motifs is 1. The van der Waals surface area contributed by atoms with Crippen molar-refractivity contribution in [3.05, 3.63) is 48.7 Å². The molecule has 3 aromatic rings. The number of likely N-dealkylation sites (tertiary alicyclic amines) is 1. The third-order valence-corrected chi connectivity index (χ3v) is 7.24. The number of benzene rings is 1. The molecule has 1 aliphatic carbocycles. The van der Waals surface area contributed by atoms with E-state index in [1.54, 1.807) is 23.2 Å². The lowest BCUT2D eigenvalue weighted by Crippen LogP contribution is -2.49. The summed E-state index contributed by atoms with van der Waals surface area (Å²) in [7, 11) is 0. The van der Waals surface area contributed by atoms with Gasteiger partial charge < -0.3 is 20.1 Å². The fraction of sp³-hybridized carbons (Fsp3) is 0.444. The molecule has 2 aromatic heterocycles. The van der Waals surface area contributed by atoms with Crippen LogP contribution in [0.2, 0.25) is 0 Å². The third kappa shape index (κ3) is 5.47. The van der Waals surface area contributed by atoms with Crippen molar-refractivity contribution in [3.63, 3.8) is 0 Å². The Morgan fingerprint density at radius 1 is 1.08 bits per heavy atom. The van der Waals surface area contributed by atoms with E-state index in [4.69, 9.17) is 0 Å². The summed E-state index contributed by atoms with van der Waals surface area (Å²) in [5, 5.41) is 6.94. The van der Waals surface area contributed by atoms with Crippen LogP contribution in [-0.4, -0.2) is 61.8 Å². The average molecular weight is 507 g/mol. The van der Waals surface area contributed by atoms with Gasteiger partial charge in [0, 0.05) is 40.8 Å². The molecule has 1 aliphatic heterocycles. The first-order valence-corrected chi connectivity index (χ1v) is 12.8. The lowest BCUT2D eigenvalue weighted by molar-refractivity contribution is -0.139. The van der Waals surface area contributed by atoms with Crippen molar-refractivity contribution in [1.82, 2.24) is 24.8 Å². The summed E-state index contributed by atoms with van der Waals surface area (Å²) in [5.41, 5.74) is 2.63. The molecule has 1 aromatic carbocycles. The van der Waals surface area contributed by atoms with Gasteiger partial charge in [0.1, 0.15) is 25.1 Å². The van der Waals surface area contributed by atoms with Crippen molar-refractivity contribution in [2.24, 2.45) is 0 Å². The number of carbonyl (C=O) groups is 3. The molecular weight excluding hydrogens is 475 g/mol. The minimum Gasteiger partial charge on any atom is -0.353 e. The highest BCUT2D eigenvalue weighted by Gasteiger charge is 2.40. The Bertz CT molecular complexity index is 1300. The van der Waals surface area contributed by atoms with Crippen LogP contribution in [0, 0.1) is 0 Å². The summed E-state index contributed by atoms with van der Waals surface area (Å²) in [6.45, 7) is 1.28. The molecule has 0 spiro atoms. The number of rotatable bonds is 7. The molecule has 2 atom stereocenters. The molecule has 0 bridgehead atoms. The van der Waals surface area contributed by atoms with Gasteiger partial charge in [-0.2, -0.15) is 0 Å².